The van der Waals surface area contributed by atoms with Crippen LogP contribution in [0.15, 0.2) is 0 Å². The molecule has 2 aliphatic rings. The van der Waals surface area contributed by atoms with Gasteiger partial charge in [0.1, 0.15) is 7.85 Å². The fourth-order valence-corrected chi connectivity index (χ4v) is 3.56. The van der Waals surface area contributed by atoms with Crippen LogP contribution >= 0.6 is 0 Å². The topological polar surface area (TPSA) is 0 Å². The Balaban J connectivity index is 1.84. The van der Waals surface area contributed by atoms with E-state index in [4.69, 9.17) is 0 Å². The van der Waals surface area contributed by atoms with E-state index in [2.05, 4.69) is 7.85 Å². The average molecular weight is 178 g/mol. The molecule has 2 rings (SSSR count). The van der Waals surface area contributed by atoms with Crippen molar-refractivity contribution in [3.63, 3.8) is 0 Å². The van der Waals surface area contributed by atoms with E-state index in [9.17, 15) is 0 Å². The number of hydrogen-bond donors (Lipinski definition) is 0. The minimum Gasteiger partial charge on any atom is -0.0783 e. The largest absolute Gasteiger partial charge is 0.101 e. The lowest BCUT2D eigenvalue weighted by Gasteiger charge is -2.32. The molecule has 2 unspecified atom stereocenters. The first-order chi connectivity index (χ1) is 6.40. The molecule has 2 fully saturated rings. The van der Waals surface area contributed by atoms with E-state index in [1.165, 1.54) is 32.0 Å². The molecule has 0 spiro atoms. The van der Waals surface area contributed by atoms with E-state index in [1.807, 2.05) is 0 Å². The maximum absolute atomic E-state index is 2.38. The first-order valence-electron chi connectivity index (χ1n) is 6.40. The van der Waals surface area contributed by atoms with Crippen molar-refractivity contribution in [1.29, 1.82) is 0 Å². The molecule has 0 aromatic heterocycles. The van der Waals surface area contributed by atoms with Gasteiger partial charge in [-0.1, -0.05) is 51.3 Å². The highest BCUT2D eigenvalue weighted by molar-refractivity contribution is 6.08. The van der Waals surface area contributed by atoms with Crippen LogP contribution in [-0.2, 0) is 0 Å². The molecule has 0 aromatic rings. The first-order valence-corrected chi connectivity index (χ1v) is 6.40. The minimum atomic E-state index is 1.08. The Morgan fingerprint density at radius 3 is 2.23 bits per heavy atom. The second-order valence-electron chi connectivity index (χ2n) is 5.25. The summed E-state index contributed by atoms with van der Waals surface area (Å²) in [6.45, 7) is 0. The van der Waals surface area contributed by atoms with Crippen LogP contribution in [0.3, 0.4) is 0 Å². The third kappa shape index (κ3) is 2.30. The van der Waals surface area contributed by atoms with Gasteiger partial charge >= 0.3 is 0 Å². The molecule has 1 heteroatoms. The van der Waals surface area contributed by atoms with Gasteiger partial charge in [-0.15, -0.1) is 0 Å². The van der Waals surface area contributed by atoms with Gasteiger partial charge < -0.3 is 0 Å². The fraction of sp³-hybridized carbons (Fsp3) is 1.00. The fourth-order valence-electron chi connectivity index (χ4n) is 3.56. The monoisotopic (exact) mass is 178 g/mol. The summed E-state index contributed by atoms with van der Waals surface area (Å²) >= 11 is 0. The summed E-state index contributed by atoms with van der Waals surface area (Å²) in [4.78, 5) is 0. The average Bonchev–Trinajstić information content (AvgIpc) is 2.71. The highest BCUT2D eigenvalue weighted by Crippen LogP contribution is 2.41. The van der Waals surface area contributed by atoms with Crippen LogP contribution in [0.25, 0.3) is 0 Å². The van der Waals surface area contributed by atoms with Crippen LogP contribution in [0.1, 0.15) is 51.4 Å². The van der Waals surface area contributed by atoms with Gasteiger partial charge in [-0.25, -0.2) is 0 Å². The van der Waals surface area contributed by atoms with E-state index in [0.717, 1.165) is 17.8 Å². The van der Waals surface area contributed by atoms with Crippen molar-refractivity contribution in [2.24, 2.45) is 17.8 Å². The molecule has 0 radical (unpaired) electrons. The van der Waals surface area contributed by atoms with Gasteiger partial charge in [0.25, 0.3) is 0 Å². The molecule has 0 heterocycles. The second kappa shape index (κ2) is 4.53. The molecule has 2 saturated carbocycles. The Bertz CT molecular complexity index is 149. The van der Waals surface area contributed by atoms with Crippen molar-refractivity contribution in [3.8, 4) is 0 Å². The third-order valence-corrected chi connectivity index (χ3v) is 4.47. The molecule has 0 aromatic carbocycles. The van der Waals surface area contributed by atoms with Crippen LogP contribution in [-0.4, -0.2) is 7.85 Å². The van der Waals surface area contributed by atoms with E-state index >= 15 is 0 Å². The van der Waals surface area contributed by atoms with E-state index in [-0.39, 0.29) is 0 Å². The van der Waals surface area contributed by atoms with Crippen molar-refractivity contribution < 1.29 is 0 Å². The van der Waals surface area contributed by atoms with Crippen molar-refractivity contribution in [3.05, 3.63) is 0 Å². The Kier molecular flexibility index (Phi) is 3.35. The van der Waals surface area contributed by atoms with Gasteiger partial charge in [0, 0.05) is 0 Å². The zero-order chi connectivity index (χ0) is 9.10. The summed E-state index contributed by atoms with van der Waals surface area (Å²) in [6, 6.07) is 0. The van der Waals surface area contributed by atoms with Crippen LogP contribution in [0, 0.1) is 17.8 Å². The SMILES string of the molecule is BCC1CCCC(C2CCCC2)C1. The van der Waals surface area contributed by atoms with Crippen molar-refractivity contribution in [2.45, 2.75) is 57.7 Å². The lowest BCUT2D eigenvalue weighted by atomic mass is 9.71. The van der Waals surface area contributed by atoms with Gasteiger partial charge in [0.05, 0.1) is 0 Å². The van der Waals surface area contributed by atoms with E-state index in [0.29, 0.717) is 0 Å². The van der Waals surface area contributed by atoms with Crippen LogP contribution < -0.4 is 0 Å². The quantitative estimate of drug-likeness (QED) is 0.570. The summed E-state index contributed by atoms with van der Waals surface area (Å²) < 4.78 is 0. The predicted molar refractivity (Wildman–Crippen MR) is 60.8 cm³/mol. The van der Waals surface area contributed by atoms with E-state index < -0.39 is 0 Å². The Labute approximate surface area is 83.9 Å². The van der Waals surface area contributed by atoms with Crippen molar-refractivity contribution in [2.75, 3.05) is 0 Å². The van der Waals surface area contributed by atoms with Crippen LogP contribution in [0.5, 0.6) is 0 Å². The summed E-state index contributed by atoms with van der Waals surface area (Å²) in [5.74, 6) is 3.34. The van der Waals surface area contributed by atoms with Gasteiger partial charge in [-0.3, -0.25) is 0 Å². The number of rotatable bonds is 2. The maximum atomic E-state index is 2.38. The van der Waals surface area contributed by atoms with E-state index in [1.54, 1.807) is 25.7 Å². The Hall–Kier alpha value is 0.0649. The van der Waals surface area contributed by atoms with Crippen molar-refractivity contribution in [1.82, 2.24) is 0 Å². The molecular formula is C12H23B. The molecular weight excluding hydrogens is 155 g/mol. The summed E-state index contributed by atoms with van der Waals surface area (Å²) in [5.41, 5.74) is 0. The van der Waals surface area contributed by atoms with Crippen LogP contribution in [0.2, 0.25) is 6.32 Å². The molecule has 0 aliphatic heterocycles. The Morgan fingerprint density at radius 1 is 0.846 bits per heavy atom. The zero-order valence-electron chi connectivity index (χ0n) is 9.10. The molecule has 2 aliphatic carbocycles. The highest BCUT2D eigenvalue weighted by atomic mass is 14.3. The van der Waals surface area contributed by atoms with Gasteiger partial charge in [0.15, 0.2) is 0 Å². The molecule has 0 bridgehead atoms. The molecule has 0 amide bonds. The predicted octanol–water partition coefficient (Wildman–Crippen LogP) is 3.03. The normalized spacial score (nSPS) is 36.6. The summed E-state index contributed by atoms with van der Waals surface area (Å²) in [6.07, 6.45) is 13.8. The molecule has 74 valence electrons. The van der Waals surface area contributed by atoms with Gasteiger partial charge in [-0.2, -0.15) is 0 Å². The molecule has 0 saturated heterocycles. The Morgan fingerprint density at radius 2 is 1.54 bits per heavy atom. The van der Waals surface area contributed by atoms with Crippen molar-refractivity contribution >= 4 is 7.85 Å². The standard InChI is InChI=1S/C12H23B/c13-9-10-4-3-7-12(8-10)11-5-1-2-6-11/h10-12H,1-9,13H2. The maximum Gasteiger partial charge on any atom is 0.101 e. The van der Waals surface area contributed by atoms with Gasteiger partial charge in [0.2, 0.25) is 0 Å². The molecule has 13 heavy (non-hydrogen) atoms. The summed E-state index contributed by atoms with van der Waals surface area (Å²) in [5, 5.41) is 0. The highest BCUT2D eigenvalue weighted by Gasteiger charge is 2.29. The zero-order valence-corrected chi connectivity index (χ0v) is 9.10. The van der Waals surface area contributed by atoms with Crippen LogP contribution in [0.4, 0.5) is 0 Å². The summed E-state index contributed by atoms with van der Waals surface area (Å²) in [7, 11) is 2.38. The third-order valence-electron chi connectivity index (χ3n) is 4.47. The lowest BCUT2D eigenvalue weighted by Crippen LogP contribution is -2.21. The minimum absolute atomic E-state index is 1.08. The van der Waals surface area contributed by atoms with Gasteiger partial charge in [-0.05, 0) is 24.2 Å². The number of hydrogen-bond acceptors (Lipinski definition) is 0. The first kappa shape index (κ1) is 9.61. The second-order valence-corrected chi connectivity index (χ2v) is 5.25. The molecule has 0 N–H and O–H groups in total. The smallest absolute Gasteiger partial charge is 0.0783 e. The molecule has 0 nitrogen and oxygen atoms in total. The lowest BCUT2D eigenvalue weighted by molar-refractivity contribution is 0.207. The molecule has 2 atom stereocenters.